The van der Waals surface area contributed by atoms with Gasteiger partial charge in [-0.15, -0.1) is 0 Å². The molecule has 0 aromatic heterocycles. The van der Waals surface area contributed by atoms with E-state index in [1.165, 1.54) is 5.56 Å². The zero-order chi connectivity index (χ0) is 90.4. The second kappa shape index (κ2) is 39.4. The third-order valence-corrected chi connectivity index (χ3v) is 28.1. The molecule has 0 saturated carbocycles. The van der Waals surface area contributed by atoms with Gasteiger partial charge in [-0.05, 0) is 135 Å². The first kappa shape index (κ1) is 89.7. The van der Waals surface area contributed by atoms with Crippen molar-refractivity contribution >= 4 is 0 Å². The second-order valence-electron chi connectivity index (χ2n) is 38.5. The van der Waals surface area contributed by atoms with Crippen molar-refractivity contribution in [2.24, 2.45) is 0 Å². The van der Waals surface area contributed by atoms with Gasteiger partial charge in [-0.3, -0.25) is 0 Å². The predicted molar refractivity (Wildman–Crippen MR) is 503 cm³/mol. The Kier molecular flexibility index (Phi) is 26.8. The molecule has 10 aliphatic rings. The van der Waals surface area contributed by atoms with Crippen molar-refractivity contribution in [3.05, 3.63) is 293 Å². The minimum Gasteiger partial charge on any atom is -0.491 e. The van der Waals surface area contributed by atoms with E-state index in [9.17, 15) is 0 Å². The molecule has 20 rings (SSSR count). The summed E-state index contributed by atoms with van der Waals surface area (Å²) in [5, 5.41) is 0. The molecule has 0 bridgehead atoms. The Balaban J connectivity index is 0.715. The molecule has 0 radical (unpaired) electrons. The average molecular weight is 1790 g/mol. The van der Waals surface area contributed by atoms with Crippen LogP contribution >= 0.6 is 0 Å². The van der Waals surface area contributed by atoms with Crippen LogP contribution in [-0.4, -0.2) is 193 Å². The SMILES string of the molecule is Cc1cc(C(C)c2cc(C(C)c3cc(C(C)c4cc(C(C)c5cc(C(C)C)ccc5OCC5CO5)cc(C(C)c5ccc(OCC6CO6)cc5)c4OCC4CO4)ccc3OCC3CO3)cc(C(C)c3ccc(OCC4CO4)c(C(C)c4cc(C(C)c5ccc(OCC6CO6)cc5)c(OCC5CO5)c(C(C)c5ccc(OCC6CO6)cc5)c4)c3)c2OCC2CO2)ccc1OCC1CO1. The summed E-state index contributed by atoms with van der Waals surface area (Å²) in [6.07, 6.45) is 0.553. The number of rotatable bonds is 49. The topological polar surface area (TPSA) is 218 Å². The Morgan fingerprint density at radius 1 is 0.197 bits per heavy atom. The fraction of sp³-hybridized carbons (Fsp3) is 0.464. The van der Waals surface area contributed by atoms with Crippen LogP contribution in [0.1, 0.15) is 247 Å². The molecule has 0 amide bonds. The minimum absolute atomic E-state index is 0.00257. The molecule has 20 nitrogen and oxygen atoms in total. The van der Waals surface area contributed by atoms with Crippen LogP contribution < -0.4 is 47.4 Å². The second-order valence-corrected chi connectivity index (χ2v) is 38.5. The van der Waals surface area contributed by atoms with E-state index in [1.807, 2.05) is 0 Å². The monoisotopic (exact) mass is 1790 g/mol. The Hall–Kier alpha value is -10.2. The summed E-state index contributed by atoms with van der Waals surface area (Å²) >= 11 is 0. The van der Waals surface area contributed by atoms with E-state index in [1.54, 1.807) is 0 Å². The van der Waals surface area contributed by atoms with Crippen LogP contribution in [0.2, 0.25) is 0 Å². The van der Waals surface area contributed by atoms with Crippen molar-refractivity contribution in [2.75, 3.05) is 132 Å². The molecule has 132 heavy (non-hydrogen) atoms. The molecule has 19 unspecified atom stereocenters. The average Bonchev–Trinajstić information content (AvgIpc) is 0.855. The van der Waals surface area contributed by atoms with Gasteiger partial charge in [0.1, 0.15) is 185 Å². The van der Waals surface area contributed by atoms with Gasteiger partial charge in [-0.25, -0.2) is 0 Å². The fourth-order valence-electron chi connectivity index (χ4n) is 18.0. The van der Waals surface area contributed by atoms with Crippen molar-refractivity contribution in [1.29, 1.82) is 0 Å². The molecular formula is C112H126O20. The van der Waals surface area contributed by atoms with E-state index < -0.39 is 0 Å². The van der Waals surface area contributed by atoms with E-state index >= 15 is 0 Å². The van der Waals surface area contributed by atoms with Gasteiger partial charge in [0.05, 0.1) is 66.1 Å². The lowest BCUT2D eigenvalue weighted by Crippen LogP contribution is -2.15. The van der Waals surface area contributed by atoms with Crippen LogP contribution in [0.25, 0.3) is 0 Å². The Labute approximate surface area is 776 Å². The highest BCUT2D eigenvalue weighted by Crippen LogP contribution is 2.52. The molecule has 20 heteroatoms. The first-order valence-electron chi connectivity index (χ1n) is 48.1. The first-order valence-corrected chi connectivity index (χ1v) is 48.1. The zero-order valence-electron chi connectivity index (χ0n) is 78.2. The third-order valence-electron chi connectivity index (χ3n) is 28.1. The molecule has 0 aliphatic carbocycles. The maximum absolute atomic E-state index is 7.44. The van der Waals surface area contributed by atoms with E-state index in [4.69, 9.17) is 94.7 Å². The van der Waals surface area contributed by atoms with Gasteiger partial charge in [0, 0.05) is 103 Å². The van der Waals surface area contributed by atoms with Gasteiger partial charge in [-0.1, -0.05) is 197 Å². The molecule has 10 aromatic carbocycles. The van der Waals surface area contributed by atoms with Crippen LogP contribution in [0.5, 0.6) is 57.5 Å². The van der Waals surface area contributed by atoms with E-state index in [0.717, 1.165) is 183 Å². The van der Waals surface area contributed by atoms with Gasteiger partial charge in [0.15, 0.2) is 0 Å². The largest absolute Gasteiger partial charge is 0.491 e. The third kappa shape index (κ3) is 22.2. The number of epoxide rings is 10. The molecular weight excluding hydrogens is 1670 g/mol. The van der Waals surface area contributed by atoms with Gasteiger partial charge in [-0.2, -0.15) is 0 Å². The van der Waals surface area contributed by atoms with Crippen molar-refractivity contribution in [2.45, 2.75) is 203 Å². The summed E-state index contributed by atoms with van der Waals surface area (Å²) < 4.78 is 125. The molecule has 10 fully saturated rings. The zero-order valence-corrected chi connectivity index (χ0v) is 78.2. The molecule has 0 spiro atoms. The van der Waals surface area contributed by atoms with Crippen molar-refractivity contribution < 1.29 is 94.7 Å². The van der Waals surface area contributed by atoms with Crippen LogP contribution in [0, 0.1) is 6.92 Å². The molecule has 0 N–H and O–H groups in total. The molecule has 694 valence electrons. The Morgan fingerprint density at radius 3 is 0.621 bits per heavy atom. The Bertz CT molecular complexity index is 5590. The fourth-order valence-corrected chi connectivity index (χ4v) is 18.0. The number of hydrogen-bond acceptors (Lipinski definition) is 20. The highest BCUT2D eigenvalue weighted by Gasteiger charge is 2.38. The van der Waals surface area contributed by atoms with Gasteiger partial charge < -0.3 is 94.7 Å². The maximum Gasteiger partial charge on any atom is 0.127 e. The number of hydrogen-bond donors (Lipinski definition) is 0. The lowest BCUT2D eigenvalue weighted by molar-refractivity contribution is 0.257. The summed E-state index contributed by atoms with van der Waals surface area (Å²) in [4.78, 5) is 0. The maximum atomic E-state index is 7.44. The smallest absolute Gasteiger partial charge is 0.127 e. The Morgan fingerprint density at radius 2 is 0.379 bits per heavy atom. The number of aryl methyl sites for hydroxylation is 1. The standard InChI is InChI=1S/C112H126O20/c1-63(2)77-19-30-107(127-57-91-50-120-91)97(34-77)71(10)82-39-102(67(6)76-17-27-86(28-18-76)115-45-89-48-118-89)111(131-61-95-54-124-95)104(41-82)69(8)79-21-31-109(129-59-93-52-122-93)99(35-79)73(12)83-40-103(68(7)78-20-29-106(64(3)33-78)126-56-90-49-119-90)112(132-62-96-55-125-96)105(42-83)70(9)80-22-32-108(128-58-92-51-121-92)98(36-80)72(11)81-37-100(65(4)74-13-23-84(24-14-74)113-43-87-46-116-87)110(130-60-94-53-123-94)101(38-81)66(5)75-15-25-85(26-16-75)114-44-88-47-117-88/h13-42,63,65-73,87-96H,43-62H2,1-12H3. The van der Waals surface area contributed by atoms with Crippen LogP contribution in [0.3, 0.4) is 0 Å². The summed E-state index contributed by atoms with van der Waals surface area (Å²) in [5.74, 6) is 6.95. The molecule has 10 saturated heterocycles. The van der Waals surface area contributed by atoms with E-state index in [-0.39, 0.29) is 114 Å². The van der Waals surface area contributed by atoms with Gasteiger partial charge in [0.2, 0.25) is 0 Å². The van der Waals surface area contributed by atoms with E-state index in [0.29, 0.717) is 118 Å². The highest BCUT2D eigenvalue weighted by molar-refractivity contribution is 5.62. The lowest BCUT2D eigenvalue weighted by Gasteiger charge is -2.29. The predicted octanol–water partition coefficient (Wildman–Crippen LogP) is 20.3. The number of benzene rings is 10. The van der Waals surface area contributed by atoms with Crippen molar-refractivity contribution in [3.8, 4) is 57.5 Å². The summed E-state index contributed by atoms with van der Waals surface area (Å²) in [7, 11) is 0. The number of ether oxygens (including phenoxy) is 20. The highest BCUT2D eigenvalue weighted by atomic mass is 16.6. The normalized spacial score (nSPS) is 23.4. The molecule has 10 aromatic rings. The quantitative estimate of drug-likeness (QED) is 0.0324. The van der Waals surface area contributed by atoms with Crippen LogP contribution in [0.4, 0.5) is 0 Å². The van der Waals surface area contributed by atoms with Crippen molar-refractivity contribution in [1.82, 2.24) is 0 Å². The van der Waals surface area contributed by atoms with Gasteiger partial charge >= 0.3 is 0 Å². The molecule has 10 heterocycles. The van der Waals surface area contributed by atoms with E-state index in [2.05, 4.69) is 265 Å². The van der Waals surface area contributed by atoms with Gasteiger partial charge in [0.25, 0.3) is 0 Å². The minimum atomic E-state index is -0.262. The molecule has 10 aliphatic heterocycles. The summed E-state index contributed by atoms with van der Waals surface area (Å²) in [6.45, 7) is 38.9. The van der Waals surface area contributed by atoms with Crippen LogP contribution in [0.15, 0.2) is 182 Å². The summed E-state index contributed by atoms with van der Waals surface area (Å²) in [5.41, 5.74) is 22.0. The van der Waals surface area contributed by atoms with Crippen molar-refractivity contribution in [3.63, 3.8) is 0 Å². The molecule has 19 atom stereocenters. The lowest BCUT2D eigenvalue weighted by atomic mass is 9.79. The first-order chi connectivity index (χ1) is 64.3. The van der Waals surface area contributed by atoms with Crippen LogP contribution in [-0.2, 0) is 47.4 Å². The summed E-state index contributed by atoms with van der Waals surface area (Å²) in [6, 6.07) is 67.0.